The third kappa shape index (κ3) is 2.55. The molecule has 0 aliphatic heterocycles. The molecule has 1 aromatic heterocycles. The maximum Gasteiger partial charge on any atom is 0.131 e. The lowest BCUT2D eigenvalue weighted by Crippen LogP contribution is -1.96. The molecule has 0 spiro atoms. The Bertz CT molecular complexity index is 567. The lowest BCUT2D eigenvalue weighted by molar-refractivity contribution is 1.28. The maximum absolute atomic E-state index is 8.81. The second-order valence-electron chi connectivity index (χ2n) is 3.60. The Hall–Kier alpha value is -2.05. The van der Waals surface area contributed by atoms with Crippen LogP contribution >= 0.6 is 11.6 Å². The highest BCUT2D eigenvalue weighted by molar-refractivity contribution is 6.33. The van der Waals surface area contributed by atoms with Crippen LogP contribution in [0.2, 0.25) is 5.02 Å². The minimum Gasteiger partial charge on any atom is -0.339 e. The number of aryl methyl sites for hydroxylation is 1. The zero-order chi connectivity index (χ0) is 12.3. The van der Waals surface area contributed by atoms with Crippen LogP contribution in [0.3, 0.4) is 0 Å². The molecule has 2 rings (SSSR count). The van der Waals surface area contributed by atoms with Gasteiger partial charge in [-0.15, -0.1) is 0 Å². The van der Waals surface area contributed by atoms with Gasteiger partial charge in [0.25, 0.3) is 0 Å². The Morgan fingerprint density at radius 2 is 2.18 bits per heavy atom. The van der Waals surface area contributed by atoms with Crippen molar-refractivity contribution in [2.24, 2.45) is 0 Å². The molecule has 0 radical (unpaired) electrons. The van der Waals surface area contributed by atoms with E-state index in [-0.39, 0.29) is 0 Å². The first-order chi connectivity index (χ1) is 8.20. The Kier molecular flexibility index (Phi) is 3.27. The summed E-state index contributed by atoms with van der Waals surface area (Å²) in [7, 11) is 0. The van der Waals surface area contributed by atoms with Crippen LogP contribution in [0, 0.1) is 18.3 Å². The van der Waals surface area contributed by atoms with Crippen LogP contribution in [-0.4, -0.2) is 4.98 Å². The number of nitriles is 1. The van der Waals surface area contributed by atoms with Crippen molar-refractivity contribution in [1.82, 2.24) is 4.98 Å². The number of benzene rings is 1. The summed E-state index contributed by atoms with van der Waals surface area (Å²) in [5.41, 5.74) is 2.41. The number of pyridine rings is 1. The van der Waals surface area contributed by atoms with E-state index in [2.05, 4.69) is 16.4 Å². The molecule has 1 N–H and O–H groups in total. The standard InChI is InChI=1S/C13H10ClN3/c1-9-3-2-4-11(14)13(9)17-12-7-10(8-15)5-6-16-12/h2-7H,1H3,(H,16,17). The highest BCUT2D eigenvalue weighted by Gasteiger charge is 2.04. The number of halogens is 1. The average Bonchev–Trinajstić information content (AvgIpc) is 2.34. The van der Waals surface area contributed by atoms with Crippen LogP contribution in [0.25, 0.3) is 0 Å². The predicted octanol–water partition coefficient (Wildman–Crippen LogP) is 3.66. The van der Waals surface area contributed by atoms with Gasteiger partial charge in [-0.1, -0.05) is 23.7 Å². The molecule has 4 heteroatoms. The molecular formula is C13H10ClN3. The Morgan fingerprint density at radius 1 is 1.35 bits per heavy atom. The van der Waals surface area contributed by atoms with E-state index in [0.29, 0.717) is 16.4 Å². The lowest BCUT2D eigenvalue weighted by atomic mass is 10.2. The highest BCUT2D eigenvalue weighted by atomic mass is 35.5. The first-order valence-corrected chi connectivity index (χ1v) is 5.47. The first kappa shape index (κ1) is 11.4. The molecule has 3 nitrogen and oxygen atoms in total. The molecule has 1 aromatic carbocycles. The molecule has 84 valence electrons. The summed E-state index contributed by atoms with van der Waals surface area (Å²) in [4.78, 5) is 4.14. The normalized spacial score (nSPS) is 9.71. The number of hydrogen-bond acceptors (Lipinski definition) is 3. The zero-order valence-corrected chi connectivity index (χ0v) is 9.99. The van der Waals surface area contributed by atoms with Crippen LogP contribution in [0.1, 0.15) is 11.1 Å². The summed E-state index contributed by atoms with van der Waals surface area (Å²) in [6.07, 6.45) is 1.59. The number of hydrogen-bond donors (Lipinski definition) is 1. The van der Waals surface area contributed by atoms with Gasteiger partial charge in [0.1, 0.15) is 5.82 Å². The molecule has 0 aliphatic carbocycles. The van der Waals surface area contributed by atoms with Crippen molar-refractivity contribution in [3.05, 3.63) is 52.7 Å². The summed E-state index contributed by atoms with van der Waals surface area (Å²) in [5.74, 6) is 0.611. The van der Waals surface area contributed by atoms with E-state index in [1.807, 2.05) is 25.1 Å². The molecular weight excluding hydrogens is 234 g/mol. The molecule has 0 aliphatic rings. The van der Waals surface area contributed by atoms with Gasteiger partial charge in [0.15, 0.2) is 0 Å². The summed E-state index contributed by atoms with van der Waals surface area (Å²) in [6, 6.07) is 11.1. The second-order valence-corrected chi connectivity index (χ2v) is 4.01. The first-order valence-electron chi connectivity index (χ1n) is 5.09. The topological polar surface area (TPSA) is 48.7 Å². The van der Waals surface area contributed by atoms with E-state index >= 15 is 0 Å². The van der Waals surface area contributed by atoms with E-state index < -0.39 is 0 Å². The number of rotatable bonds is 2. The number of nitrogens with zero attached hydrogens (tertiary/aromatic N) is 2. The van der Waals surface area contributed by atoms with Gasteiger partial charge >= 0.3 is 0 Å². The predicted molar refractivity (Wildman–Crippen MR) is 68.4 cm³/mol. The molecule has 2 aromatic rings. The van der Waals surface area contributed by atoms with Crippen molar-refractivity contribution in [2.75, 3.05) is 5.32 Å². The second kappa shape index (κ2) is 4.86. The third-order valence-electron chi connectivity index (χ3n) is 2.36. The van der Waals surface area contributed by atoms with Gasteiger partial charge in [-0.25, -0.2) is 4.98 Å². The van der Waals surface area contributed by atoms with Crippen LogP contribution in [0.4, 0.5) is 11.5 Å². The molecule has 0 bridgehead atoms. The van der Waals surface area contributed by atoms with E-state index in [4.69, 9.17) is 16.9 Å². The van der Waals surface area contributed by atoms with Crippen LogP contribution in [0.5, 0.6) is 0 Å². The average molecular weight is 244 g/mol. The van der Waals surface area contributed by atoms with Gasteiger partial charge in [-0.3, -0.25) is 0 Å². The largest absolute Gasteiger partial charge is 0.339 e. The number of nitrogens with one attached hydrogen (secondary N) is 1. The smallest absolute Gasteiger partial charge is 0.131 e. The lowest BCUT2D eigenvalue weighted by Gasteiger charge is -2.10. The number of anilines is 2. The zero-order valence-electron chi connectivity index (χ0n) is 9.24. The van der Waals surface area contributed by atoms with Gasteiger partial charge in [0, 0.05) is 6.20 Å². The summed E-state index contributed by atoms with van der Waals surface area (Å²) < 4.78 is 0. The van der Waals surface area contributed by atoms with E-state index in [1.54, 1.807) is 18.3 Å². The summed E-state index contributed by atoms with van der Waals surface area (Å²) in [5, 5.41) is 12.6. The van der Waals surface area contributed by atoms with Crippen molar-refractivity contribution in [1.29, 1.82) is 5.26 Å². The fourth-order valence-electron chi connectivity index (χ4n) is 1.49. The van der Waals surface area contributed by atoms with Crippen molar-refractivity contribution in [3.63, 3.8) is 0 Å². The van der Waals surface area contributed by atoms with E-state index in [9.17, 15) is 0 Å². The van der Waals surface area contributed by atoms with Gasteiger partial charge < -0.3 is 5.32 Å². The minimum atomic E-state index is 0.562. The minimum absolute atomic E-state index is 0.562. The Balaban J connectivity index is 2.35. The number of para-hydroxylation sites is 1. The van der Waals surface area contributed by atoms with Gasteiger partial charge in [0.2, 0.25) is 0 Å². The van der Waals surface area contributed by atoms with E-state index in [0.717, 1.165) is 11.3 Å². The monoisotopic (exact) mass is 243 g/mol. The molecule has 0 unspecified atom stereocenters. The van der Waals surface area contributed by atoms with Crippen LogP contribution in [-0.2, 0) is 0 Å². The molecule has 0 amide bonds. The van der Waals surface area contributed by atoms with E-state index in [1.165, 1.54) is 0 Å². The van der Waals surface area contributed by atoms with Crippen molar-refractivity contribution >= 4 is 23.1 Å². The van der Waals surface area contributed by atoms with Crippen molar-refractivity contribution in [3.8, 4) is 6.07 Å². The van der Waals surface area contributed by atoms with Gasteiger partial charge in [-0.05, 0) is 30.7 Å². The van der Waals surface area contributed by atoms with Gasteiger partial charge in [-0.2, -0.15) is 5.26 Å². The fraction of sp³-hybridized carbons (Fsp3) is 0.0769. The molecule has 0 atom stereocenters. The Morgan fingerprint density at radius 3 is 2.88 bits per heavy atom. The van der Waals surface area contributed by atoms with Crippen molar-refractivity contribution < 1.29 is 0 Å². The van der Waals surface area contributed by atoms with Crippen molar-refractivity contribution in [2.45, 2.75) is 6.92 Å². The summed E-state index contributed by atoms with van der Waals surface area (Å²) >= 11 is 6.10. The molecule has 0 fully saturated rings. The van der Waals surface area contributed by atoms with Crippen LogP contribution in [0.15, 0.2) is 36.5 Å². The summed E-state index contributed by atoms with van der Waals surface area (Å²) in [6.45, 7) is 1.96. The van der Waals surface area contributed by atoms with Gasteiger partial charge in [0.05, 0.1) is 22.3 Å². The Labute approximate surface area is 105 Å². The quantitative estimate of drug-likeness (QED) is 0.876. The third-order valence-corrected chi connectivity index (χ3v) is 2.68. The molecule has 1 heterocycles. The molecule has 17 heavy (non-hydrogen) atoms. The SMILES string of the molecule is Cc1cccc(Cl)c1Nc1cc(C#N)ccn1. The molecule has 0 saturated heterocycles. The fourth-order valence-corrected chi connectivity index (χ4v) is 1.76. The van der Waals surface area contributed by atoms with Crippen LogP contribution < -0.4 is 5.32 Å². The highest BCUT2D eigenvalue weighted by Crippen LogP contribution is 2.27. The number of aromatic nitrogens is 1. The maximum atomic E-state index is 8.81. The molecule has 0 saturated carbocycles.